The molecule has 1 atom stereocenters. The lowest BCUT2D eigenvalue weighted by Crippen LogP contribution is -2.41. The molecule has 0 aromatic heterocycles. The third-order valence-corrected chi connectivity index (χ3v) is 3.44. The van der Waals surface area contributed by atoms with Crippen molar-refractivity contribution in [1.29, 1.82) is 0 Å². The second kappa shape index (κ2) is 7.55. The van der Waals surface area contributed by atoms with Gasteiger partial charge in [-0.05, 0) is 24.6 Å². The molecule has 3 amide bonds. The SMILES string of the molecule is CNC(=O)N(C)C(=O)C(C)c1ccc(OC)c(N=S(=O)=O)c1. The standard InChI is InChI=1S/C13H17N3O5S/c1-8(12(17)16(3)13(18)14-2)9-5-6-11(21-4)10(7-9)15-22(19)20/h5-8H,1-4H3,(H,14,18). The average molecular weight is 327 g/mol. The fraction of sp³-hybridized carbons (Fsp3) is 0.385. The Morgan fingerprint density at radius 2 is 2.00 bits per heavy atom. The van der Waals surface area contributed by atoms with Crippen LogP contribution >= 0.6 is 0 Å². The zero-order valence-electron chi connectivity index (χ0n) is 12.7. The van der Waals surface area contributed by atoms with Crippen LogP contribution in [0.1, 0.15) is 18.4 Å². The predicted molar refractivity (Wildman–Crippen MR) is 79.6 cm³/mol. The number of nitrogens with zero attached hydrogens (tertiary/aromatic N) is 2. The summed E-state index contributed by atoms with van der Waals surface area (Å²) in [5, 5.41) is 2.35. The van der Waals surface area contributed by atoms with Crippen LogP contribution < -0.4 is 10.1 Å². The van der Waals surface area contributed by atoms with E-state index in [1.807, 2.05) is 0 Å². The van der Waals surface area contributed by atoms with Gasteiger partial charge in [-0.25, -0.2) is 4.79 Å². The summed E-state index contributed by atoms with van der Waals surface area (Å²) >= 11 is 0. The quantitative estimate of drug-likeness (QED) is 0.897. The van der Waals surface area contributed by atoms with Crippen LogP contribution in [0.3, 0.4) is 0 Å². The van der Waals surface area contributed by atoms with Gasteiger partial charge in [-0.1, -0.05) is 6.07 Å². The Morgan fingerprint density at radius 1 is 1.36 bits per heavy atom. The first kappa shape index (κ1) is 17.6. The zero-order chi connectivity index (χ0) is 16.9. The molecule has 0 saturated carbocycles. The van der Waals surface area contributed by atoms with E-state index in [4.69, 9.17) is 4.74 Å². The second-order valence-corrected chi connectivity index (χ2v) is 5.03. The molecule has 0 heterocycles. The molecular weight excluding hydrogens is 310 g/mol. The Hall–Kier alpha value is -2.42. The summed E-state index contributed by atoms with van der Waals surface area (Å²) in [6.07, 6.45) is 0. The fourth-order valence-corrected chi connectivity index (χ4v) is 2.13. The zero-order valence-corrected chi connectivity index (χ0v) is 13.5. The topological polar surface area (TPSA) is 105 Å². The molecule has 0 radical (unpaired) electrons. The van der Waals surface area contributed by atoms with Gasteiger partial charge in [-0.3, -0.25) is 9.69 Å². The van der Waals surface area contributed by atoms with Gasteiger partial charge in [0.15, 0.2) is 0 Å². The molecule has 0 aliphatic heterocycles. The number of hydrogen-bond acceptors (Lipinski definition) is 6. The van der Waals surface area contributed by atoms with Crippen LogP contribution in [0.5, 0.6) is 5.75 Å². The monoisotopic (exact) mass is 327 g/mol. The first-order chi connectivity index (χ1) is 10.3. The lowest BCUT2D eigenvalue weighted by molar-refractivity contribution is -0.128. The van der Waals surface area contributed by atoms with Gasteiger partial charge in [0, 0.05) is 14.1 Å². The molecule has 9 heteroatoms. The van der Waals surface area contributed by atoms with Crippen molar-refractivity contribution in [3.63, 3.8) is 0 Å². The Labute approximate surface area is 129 Å². The van der Waals surface area contributed by atoms with Crippen molar-refractivity contribution < 1.29 is 22.7 Å². The number of methoxy groups -OCH3 is 1. The van der Waals surface area contributed by atoms with Gasteiger partial charge in [-0.15, -0.1) is 4.36 Å². The molecule has 0 fully saturated rings. The molecule has 1 rings (SSSR count). The Morgan fingerprint density at radius 3 is 2.50 bits per heavy atom. The summed E-state index contributed by atoms with van der Waals surface area (Å²) in [5.41, 5.74) is 0.612. The van der Waals surface area contributed by atoms with Crippen LogP contribution in [-0.2, 0) is 15.3 Å². The van der Waals surface area contributed by atoms with Gasteiger partial charge in [0.25, 0.3) is 0 Å². The molecule has 1 aromatic rings. The normalized spacial score (nSPS) is 11.3. The average Bonchev–Trinajstić information content (AvgIpc) is 2.51. The van der Waals surface area contributed by atoms with E-state index >= 15 is 0 Å². The summed E-state index contributed by atoms with van der Waals surface area (Å²) in [4.78, 5) is 24.6. The van der Waals surface area contributed by atoms with Gasteiger partial charge in [0.2, 0.25) is 5.91 Å². The van der Waals surface area contributed by atoms with E-state index in [0.717, 1.165) is 4.90 Å². The minimum Gasteiger partial charge on any atom is -0.494 e. The lowest BCUT2D eigenvalue weighted by Gasteiger charge is -2.20. The third-order valence-electron chi connectivity index (χ3n) is 3.10. The van der Waals surface area contributed by atoms with E-state index in [0.29, 0.717) is 5.56 Å². The maximum Gasteiger partial charge on any atom is 0.323 e. The minimum absolute atomic E-state index is 0.0931. The molecule has 8 nitrogen and oxygen atoms in total. The van der Waals surface area contributed by atoms with Crippen molar-refractivity contribution in [3.05, 3.63) is 23.8 Å². The van der Waals surface area contributed by atoms with Crippen molar-refractivity contribution in [3.8, 4) is 5.75 Å². The molecule has 0 spiro atoms. The predicted octanol–water partition coefficient (Wildman–Crippen LogP) is 1.29. The first-order valence-electron chi connectivity index (χ1n) is 6.30. The van der Waals surface area contributed by atoms with E-state index in [1.165, 1.54) is 33.3 Å². The van der Waals surface area contributed by atoms with Crippen LogP contribution in [0.25, 0.3) is 0 Å². The number of hydrogen-bond donors (Lipinski definition) is 1. The summed E-state index contributed by atoms with van der Waals surface area (Å²) in [5.74, 6) is -0.812. The molecule has 120 valence electrons. The number of urea groups is 1. The highest BCUT2D eigenvalue weighted by molar-refractivity contribution is 7.61. The van der Waals surface area contributed by atoms with Crippen molar-refractivity contribution in [2.24, 2.45) is 4.36 Å². The van der Waals surface area contributed by atoms with Crippen LogP contribution in [0.4, 0.5) is 10.5 Å². The molecule has 0 aliphatic rings. The van der Waals surface area contributed by atoms with E-state index in [-0.39, 0.29) is 11.4 Å². The van der Waals surface area contributed by atoms with Crippen LogP contribution in [-0.4, -0.2) is 46.5 Å². The Bertz CT molecular complexity index is 706. The number of imide groups is 1. The van der Waals surface area contributed by atoms with Crippen LogP contribution in [0.15, 0.2) is 22.6 Å². The van der Waals surface area contributed by atoms with E-state index in [9.17, 15) is 18.0 Å². The van der Waals surface area contributed by atoms with Crippen LogP contribution in [0.2, 0.25) is 0 Å². The maximum atomic E-state index is 12.2. The molecule has 1 aromatic carbocycles. The van der Waals surface area contributed by atoms with Gasteiger partial charge in [0.05, 0.1) is 13.0 Å². The number of carbonyl (C=O) groups excluding carboxylic acids is 2. The lowest BCUT2D eigenvalue weighted by atomic mass is 9.99. The largest absolute Gasteiger partial charge is 0.494 e. The molecule has 0 aliphatic carbocycles. The molecule has 22 heavy (non-hydrogen) atoms. The fourth-order valence-electron chi connectivity index (χ4n) is 1.83. The number of ether oxygens (including phenoxy) is 1. The highest BCUT2D eigenvalue weighted by Gasteiger charge is 2.24. The van der Waals surface area contributed by atoms with Gasteiger partial charge < -0.3 is 10.1 Å². The van der Waals surface area contributed by atoms with Gasteiger partial charge in [0.1, 0.15) is 11.4 Å². The smallest absolute Gasteiger partial charge is 0.323 e. The van der Waals surface area contributed by atoms with Crippen molar-refractivity contribution in [2.75, 3.05) is 21.2 Å². The van der Waals surface area contributed by atoms with Gasteiger partial charge >= 0.3 is 16.5 Å². The van der Waals surface area contributed by atoms with Crippen LogP contribution in [0, 0.1) is 0 Å². The Kier molecular flexibility index (Phi) is 6.05. The second-order valence-electron chi connectivity index (χ2n) is 4.41. The third kappa shape index (κ3) is 4.04. The molecular formula is C13H17N3O5S. The highest BCUT2D eigenvalue weighted by Crippen LogP contribution is 2.31. The number of amides is 3. The number of benzene rings is 1. The number of likely N-dealkylation sites (N-methyl/N-ethyl adjacent to an activating group) is 1. The Balaban J connectivity index is 3.19. The molecule has 1 unspecified atom stereocenters. The summed E-state index contributed by atoms with van der Waals surface area (Å²) in [7, 11) is 1.52. The summed E-state index contributed by atoms with van der Waals surface area (Å²) in [6.45, 7) is 1.61. The molecule has 0 bridgehead atoms. The number of nitrogens with one attached hydrogen (secondary N) is 1. The molecule has 1 N–H and O–H groups in total. The number of carbonyl (C=O) groups is 2. The molecule has 0 saturated heterocycles. The summed E-state index contributed by atoms with van der Waals surface area (Å²) in [6, 6.07) is 4.04. The van der Waals surface area contributed by atoms with E-state index < -0.39 is 28.4 Å². The summed E-state index contributed by atoms with van der Waals surface area (Å²) < 4.78 is 29.9. The maximum absolute atomic E-state index is 12.2. The van der Waals surface area contributed by atoms with Crippen molar-refractivity contribution in [2.45, 2.75) is 12.8 Å². The van der Waals surface area contributed by atoms with E-state index in [1.54, 1.807) is 13.0 Å². The van der Waals surface area contributed by atoms with Crippen molar-refractivity contribution >= 4 is 28.1 Å². The minimum atomic E-state index is -2.64. The first-order valence-corrected chi connectivity index (χ1v) is 7.33. The van der Waals surface area contributed by atoms with Crippen molar-refractivity contribution in [1.82, 2.24) is 10.2 Å². The highest BCUT2D eigenvalue weighted by atomic mass is 32.2. The van der Waals surface area contributed by atoms with E-state index in [2.05, 4.69) is 9.68 Å². The number of rotatable bonds is 4. The van der Waals surface area contributed by atoms with Gasteiger partial charge in [-0.2, -0.15) is 8.42 Å².